The lowest BCUT2D eigenvalue weighted by molar-refractivity contribution is -0.0106. The summed E-state index contributed by atoms with van der Waals surface area (Å²) in [5, 5.41) is 14.4. The molecular weight excluding hydrogens is 268 g/mol. The molecule has 1 aliphatic heterocycles. The molecule has 0 radical (unpaired) electrons. The SMILES string of the molecule is Cc1cc(C)n2ncc(C(=O)N3CCCC(C)(O)C3)c2n1. The van der Waals surface area contributed by atoms with E-state index in [0.717, 1.165) is 24.2 Å². The van der Waals surface area contributed by atoms with Crippen LogP contribution in [0.4, 0.5) is 0 Å². The van der Waals surface area contributed by atoms with Gasteiger partial charge < -0.3 is 10.0 Å². The summed E-state index contributed by atoms with van der Waals surface area (Å²) in [6.45, 7) is 6.63. The van der Waals surface area contributed by atoms with Crippen molar-refractivity contribution in [3.63, 3.8) is 0 Å². The Balaban J connectivity index is 1.99. The number of aromatic nitrogens is 3. The molecule has 1 atom stereocenters. The van der Waals surface area contributed by atoms with E-state index in [-0.39, 0.29) is 5.91 Å². The second kappa shape index (κ2) is 4.80. The third-order valence-corrected chi connectivity index (χ3v) is 3.97. The third kappa shape index (κ3) is 2.51. The summed E-state index contributed by atoms with van der Waals surface area (Å²) in [7, 11) is 0. The average Bonchev–Trinajstić information content (AvgIpc) is 2.80. The van der Waals surface area contributed by atoms with Crippen LogP contribution in [0.25, 0.3) is 5.65 Å². The first-order valence-electron chi connectivity index (χ1n) is 7.21. The van der Waals surface area contributed by atoms with Crippen LogP contribution < -0.4 is 0 Å². The van der Waals surface area contributed by atoms with Crippen molar-refractivity contribution in [3.05, 3.63) is 29.2 Å². The highest BCUT2D eigenvalue weighted by atomic mass is 16.3. The van der Waals surface area contributed by atoms with Gasteiger partial charge in [-0.25, -0.2) is 9.50 Å². The molecule has 1 N–H and O–H groups in total. The van der Waals surface area contributed by atoms with Gasteiger partial charge in [-0.05, 0) is 39.7 Å². The summed E-state index contributed by atoms with van der Waals surface area (Å²) >= 11 is 0. The lowest BCUT2D eigenvalue weighted by atomic mass is 9.95. The largest absolute Gasteiger partial charge is 0.388 e. The summed E-state index contributed by atoms with van der Waals surface area (Å²) in [6, 6.07) is 1.93. The number of hydrogen-bond acceptors (Lipinski definition) is 4. The van der Waals surface area contributed by atoms with E-state index in [1.807, 2.05) is 19.9 Å². The van der Waals surface area contributed by atoms with E-state index in [1.165, 1.54) is 0 Å². The summed E-state index contributed by atoms with van der Waals surface area (Å²) in [5.41, 5.74) is 2.08. The summed E-state index contributed by atoms with van der Waals surface area (Å²) in [5.74, 6) is -0.109. The maximum atomic E-state index is 12.7. The zero-order valence-electron chi connectivity index (χ0n) is 12.6. The van der Waals surface area contributed by atoms with E-state index >= 15 is 0 Å². The first-order chi connectivity index (χ1) is 9.87. The molecular formula is C15H20N4O2. The van der Waals surface area contributed by atoms with Crippen molar-refractivity contribution < 1.29 is 9.90 Å². The highest BCUT2D eigenvalue weighted by Gasteiger charge is 2.32. The maximum absolute atomic E-state index is 12.7. The smallest absolute Gasteiger partial charge is 0.259 e. The fourth-order valence-electron chi connectivity index (χ4n) is 2.99. The van der Waals surface area contributed by atoms with Crippen LogP contribution in [0.2, 0.25) is 0 Å². The number of rotatable bonds is 1. The quantitative estimate of drug-likeness (QED) is 0.859. The van der Waals surface area contributed by atoms with E-state index in [2.05, 4.69) is 10.1 Å². The molecule has 1 saturated heterocycles. The Hall–Kier alpha value is -1.95. The van der Waals surface area contributed by atoms with Crippen molar-refractivity contribution in [2.75, 3.05) is 13.1 Å². The van der Waals surface area contributed by atoms with Crippen molar-refractivity contribution in [3.8, 4) is 0 Å². The first kappa shape index (κ1) is 14.0. The van der Waals surface area contributed by atoms with Crippen LogP contribution in [0.1, 0.15) is 41.5 Å². The van der Waals surface area contributed by atoms with Gasteiger partial charge in [-0.1, -0.05) is 0 Å². The van der Waals surface area contributed by atoms with Crippen molar-refractivity contribution in [1.82, 2.24) is 19.5 Å². The van der Waals surface area contributed by atoms with Gasteiger partial charge in [0.05, 0.1) is 11.8 Å². The molecule has 1 amide bonds. The number of hydrogen-bond donors (Lipinski definition) is 1. The topological polar surface area (TPSA) is 70.7 Å². The van der Waals surface area contributed by atoms with E-state index in [1.54, 1.807) is 22.5 Å². The van der Waals surface area contributed by atoms with Crippen molar-refractivity contribution in [1.29, 1.82) is 0 Å². The average molecular weight is 288 g/mol. The van der Waals surface area contributed by atoms with E-state index in [0.29, 0.717) is 24.3 Å². The lowest BCUT2D eigenvalue weighted by Gasteiger charge is -2.36. The summed E-state index contributed by atoms with van der Waals surface area (Å²) < 4.78 is 1.68. The maximum Gasteiger partial charge on any atom is 0.259 e. The monoisotopic (exact) mass is 288 g/mol. The molecule has 21 heavy (non-hydrogen) atoms. The van der Waals surface area contributed by atoms with Gasteiger partial charge in [0.25, 0.3) is 5.91 Å². The number of carbonyl (C=O) groups excluding carboxylic acids is 1. The Kier molecular flexibility index (Phi) is 3.20. The van der Waals surface area contributed by atoms with Gasteiger partial charge in [-0.3, -0.25) is 4.79 Å². The number of aliphatic hydroxyl groups is 1. The van der Waals surface area contributed by atoms with Gasteiger partial charge >= 0.3 is 0 Å². The Labute approximate surface area is 123 Å². The number of piperidine rings is 1. The second-order valence-corrected chi connectivity index (χ2v) is 6.16. The van der Waals surface area contributed by atoms with Gasteiger partial charge in [0.1, 0.15) is 5.56 Å². The minimum atomic E-state index is -0.809. The Bertz CT molecular complexity index is 705. The Morgan fingerprint density at radius 2 is 2.19 bits per heavy atom. The highest BCUT2D eigenvalue weighted by molar-refractivity contribution is 5.99. The van der Waals surface area contributed by atoms with E-state index in [4.69, 9.17) is 0 Å². The molecule has 1 fully saturated rings. The molecule has 1 aliphatic rings. The zero-order valence-corrected chi connectivity index (χ0v) is 12.6. The van der Waals surface area contributed by atoms with E-state index in [9.17, 15) is 9.90 Å². The molecule has 2 aromatic rings. The molecule has 0 aromatic carbocycles. The zero-order chi connectivity index (χ0) is 15.2. The molecule has 3 rings (SSSR count). The van der Waals surface area contributed by atoms with Gasteiger partial charge in [0.2, 0.25) is 0 Å². The molecule has 2 aromatic heterocycles. The molecule has 0 bridgehead atoms. The highest BCUT2D eigenvalue weighted by Crippen LogP contribution is 2.23. The lowest BCUT2D eigenvalue weighted by Crippen LogP contribution is -2.48. The number of nitrogens with zero attached hydrogens (tertiary/aromatic N) is 4. The molecule has 112 valence electrons. The van der Waals surface area contributed by atoms with Crippen LogP contribution in [0.3, 0.4) is 0 Å². The molecule has 0 saturated carbocycles. The number of β-amino-alcohol motifs (C(OH)–C–C–N with tert-alkyl or cyclic N) is 1. The van der Waals surface area contributed by atoms with Crippen LogP contribution in [0, 0.1) is 13.8 Å². The normalized spacial score (nSPS) is 22.8. The molecule has 0 spiro atoms. The first-order valence-corrected chi connectivity index (χ1v) is 7.21. The van der Waals surface area contributed by atoms with Crippen LogP contribution in [-0.4, -0.2) is 49.2 Å². The summed E-state index contributed by atoms with van der Waals surface area (Å²) in [6.07, 6.45) is 3.10. The van der Waals surface area contributed by atoms with Crippen LogP contribution in [0.15, 0.2) is 12.3 Å². The van der Waals surface area contributed by atoms with Gasteiger partial charge in [0.15, 0.2) is 5.65 Å². The standard InChI is InChI=1S/C15H20N4O2/c1-10-7-11(2)19-13(17-10)12(8-16-19)14(20)18-6-4-5-15(3,21)9-18/h7-8,21H,4-6,9H2,1-3H3. The van der Waals surface area contributed by atoms with Gasteiger partial charge in [0, 0.05) is 24.5 Å². The van der Waals surface area contributed by atoms with Crippen molar-refractivity contribution in [2.24, 2.45) is 0 Å². The van der Waals surface area contributed by atoms with Crippen molar-refractivity contribution >= 4 is 11.6 Å². The number of fused-ring (bicyclic) bond motifs is 1. The van der Waals surface area contributed by atoms with Gasteiger partial charge in [-0.2, -0.15) is 5.10 Å². The number of aryl methyl sites for hydroxylation is 2. The Morgan fingerprint density at radius 3 is 2.90 bits per heavy atom. The van der Waals surface area contributed by atoms with Crippen LogP contribution in [0.5, 0.6) is 0 Å². The molecule has 6 nitrogen and oxygen atoms in total. The second-order valence-electron chi connectivity index (χ2n) is 6.16. The van der Waals surface area contributed by atoms with Crippen LogP contribution in [-0.2, 0) is 0 Å². The molecule has 0 aliphatic carbocycles. The molecule has 6 heteroatoms. The van der Waals surface area contributed by atoms with Crippen LogP contribution >= 0.6 is 0 Å². The predicted octanol–water partition coefficient (Wildman–Crippen LogP) is 1.33. The number of carbonyl (C=O) groups is 1. The Morgan fingerprint density at radius 1 is 1.43 bits per heavy atom. The fraction of sp³-hybridized carbons (Fsp3) is 0.533. The number of likely N-dealkylation sites (tertiary alicyclic amines) is 1. The third-order valence-electron chi connectivity index (χ3n) is 3.97. The predicted molar refractivity (Wildman–Crippen MR) is 78.2 cm³/mol. The molecule has 1 unspecified atom stereocenters. The minimum Gasteiger partial charge on any atom is -0.388 e. The minimum absolute atomic E-state index is 0.109. The summed E-state index contributed by atoms with van der Waals surface area (Å²) in [4.78, 5) is 18.8. The molecule has 3 heterocycles. The number of amides is 1. The van der Waals surface area contributed by atoms with Gasteiger partial charge in [-0.15, -0.1) is 0 Å². The van der Waals surface area contributed by atoms with E-state index < -0.39 is 5.60 Å². The van der Waals surface area contributed by atoms with Crippen molar-refractivity contribution in [2.45, 2.75) is 39.2 Å². The fourth-order valence-corrected chi connectivity index (χ4v) is 2.99.